The molecule has 0 spiro atoms. The van der Waals surface area contributed by atoms with Crippen LogP contribution in [0, 0.1) is 11.3 Å². The predicted molar refractivity (Wildman–Crippen MR) is 106 cm³/mol. The van der Waals surface area contributed by atoms with Gasteiger partial charge in [-0.2, -0.15) is 5.26 Å². The van der Waals surface area contributed by atoms with E-state index in [0.717, 1.165) is 58.5 Å². The summed E-state index contributed by atoms with van der Waals surface area (Å²) >= 11 is 0. The van der Waals surface area contributed by atoms with Crippen LogP contribution in [0.2, 0.25) is 0 Å². The predicted octanol–water partition coefficient (Wildman–Crippen LogP) is 5.35. The third-order valence-electron chi connectivity index (χ3n) is 4.85. The molecular formula is C22H23N3O. The fourth-order valence-electron chi connectivity index (χ4n) is 3.61. The average Bonchev–Trinajstić information content (AvgIpc) is 3.44. The zero-order chi connectivity index (χ0) is 18.1. The number of aromatic nitrogens is 1. The number of nitrogens with one attached hydrogen (secondary N) is 1. The minimum Gasteiger partial charge on any atom is -0.494 e. The topological polar surface area (TPSA) is 50.0 Å². The number of benzene rings is 2. The molecular weight excluding hydrogens is 322 g/mol. The molecule has 4 nitrogen and oxygen atoms in total. The number of fused-ring (bicyclic) bond motifs is 1. The van der Waals surface area contributed by atoms with Crippen molar-refractivity contribution in [3.63, 3.8) is 0 Å². The van der Waals surface area contributed by atoms with E-state index in [4.69, 9.17) is 4.74 Å². The molecule has 0 unspecified atom stereocenters. The minimum absolute atomic E-state index is 0.472. The second kappa shape index (κ2) is 6.76. The summed E-state index contributed by atoms with van der Waals surface area (Å²) < 4.78 is 8.04. The molecule has 1 aromatic heterocycles. The molecule has 3 aromatic rings. The molecule has 0 atom stereocenters. The third-order valence-corrected chi connectivity index (χ3v) is 4.85. The molecule has 0 bridgehead atoms. The van der Waals surface area contributed by atoms with Gasteiger partial charge in [-0.3, -0.25) is 0 Å². The Morgan fingerprint density at radius 2 is 1.92 bits per heavy atom. The van der Waals surface area contributed by atoms with E-state index in [1.54, 1.807) is 0 Å². The van der Waals surface area contributed by atoms with E-state index in [1.807, 2.05) is 19.1 Å². The first-order valence-corrected chi connectivity index (χ1v) is 9.32. The van der Waals surface area contributed by atoms with Crippen LogP contribution in [0.15, 0.2) is 42.5 Å². The molecule has 4 heteroatoms. The molecule has 2 aromatic carbocycles. The zero-order valence-electron chi connectivity index (χ0n) is 15.2. The summed E-state index contributed by atoms with van der Waals surface area (Å²) in [6.45, 7) is 5.61. The molecule has 0 aliphatic heterocycles. The molecule has 1 saturated carbocycles. The van der Waals surface area contributed by atoms with Crippen molar-refractivity contribution in [2.24, 2.45) is 0 Å². The molecule has 0 amide bonds. The number of ether oxygens (including phenoxy) is 1. The van der Waals surface area contributed by atoms with Gasteiger partial charge in [0.25, 0.3) is 0 Å². The molecule has 1 aliphatic rings. The fraction of sp³-hybridized carbons (Fsp3) is 0.318. The lowest BCUT2D eigenvalue weighted by Gasteiger charge is -2.12. The van der Waals surface area contributed by atoms with Gasteiger partial charge in [0.15, 0.2) is 0 Å². The molecule has 1 N–H and O–H groups in total. The molecule has 1 fully saturated rings. The van der Waals surface area contributed by atoms with Crippen molar-refractivity contribution < 1.29 is 4.74 Å². The maximum atomic E-state index is 9.90. The number of nitrogens with zero attached hydrogens (tertiary/aromatic N) is 2. The second-order valence-electron chi connectivity index (χ2n) is 6.66. The minimum atomic E-state index is 0.472. The molecule has 0 saturated heterocycles. The summed E-state index contributed by atoms with van der Waals surface area (Å²) in [5.74, 6) is 0.859. The van der Waals surface area contributed by atoms with Crippen LogP contribution in [0.1, 0.15) is 38.3 Å². The van der Waals surface area contributed by atoms with E-state index >= 15 is 0 Å². The number of anilines is 1. The van der Waals surface area contributed by atoms with Gasteiger partial charge in [-0.15, -0.1) is 0 Å². The van der Waals surface area contributed by atoms with Gasteiger partial charge in [0.2, 0.25) is 0 Å². The number of nitriles is 1. The van der Waals surface area contributed by atoms with E-state index in [1.165, 1.54) is 0 Å². The van der Waals surface area contributed by atoms with Gasteiger partial charge >= 0.3 is 0 Å². The Balaban J connectivity index is 1.92. The summed E-state index contributed by atoms with van der Waals surface area (Å²) in [5.41, 5.74) is 5.07. The maximum Gasteiger partial charge on any atom is 0.121 e. The highest BCUT2D eigenvalue weighted by Gasteiger charge is 2.30. The van der Waals surface area contributed by atoms with E-state index in [2.05, 4.69) is 53.2 Å². The number of hydrogen-bond donors (Lipinski definition) is 1. The normalized spacial score (nSPS) is 13.6. The van der Waals surface area contributed by atoms with Crippen LogP contribution in [-0.2, 0) is 0 Å². The summed E-state index contributed by atoms with van der Waals surface area (Å²) in [4.78, 5) is 0. The van der Waals surface area contributed by atoms with Gasteiger partial charge in [0.05, 0.1) is 23.4 Å². The Morgan fingerprint density at radius 3 is 2.54 bits per heavy atom. The first kappa shape index (κ1) is 16.5. The van der Waals surface area contributed by atoms with Crippen molar-refractivity contribution in [2.75, 3.05) is 18.5 Å². The fourth-order valence-corrected chi connectivity index (χ4v) is 3.61. The van der Waals surface area contributed by atoms with Crippen LogP contribution in [-0.4, -0.2) is 17.7 Å². The van der Waals surface area contributed by atoms with Gasteiger partial charge in [0.1, 0.15) is 11.8 Å². The monoisotopic (exact) mass is 345 g/mol. The van der Waals surface area contributed by atoms with Crippen LogP contribution >= 0.6 is 0 Å². The largest absolute Gasteiger partial charge is 0.494 e. The van der Waals surface area contributed by atoms with Crippen molar-refractivity contribution in [1.29, 1.82) is 5.26 Å². The molecule has 1 heterocycles. The van der Waals surface area contributed by atoms with Crippen LogP contribution < -0.4 is 10.1 Å². The molecule has 26 heavy (non-hydrogen) atoms. The summed E-state index contributed by atoms with van der Waals surface area (Å²) in [7, 11) is 0. The Bertz CT molecular complexity index is 975. The Hall–Kier alpha value is -2.93. The standard InChI is InChI=1S/C22H23N3O/c1-3-24-16-7-5-15(6-8-16)22-20(14-23)19-12-11-18(26-4-2)13-21(19)25(22)17-9-10-17/h5-8,11-13,17,24H,3-4,9-10H2,1-2H3. The summed E-state index contributed by atoms with van der Waals surface area (Å²) in [5, 5.41) is 14.2. The lowest BCUT2D eigenvalue weighted by atomic mass is 10.1. The molecule has 4 rings (SSSR count). The highest BCUT2D eigenvalue weighted by Crippen LogP contribution is 2.45. The third kappa shape index (κ3) is 2.80. The van der Waals surface area contributed by atoms with Crippen LogP contribution in [0.3, 0.4) is 0 Å². The maximum absolute atomic E-state index is 9.90. The number of rotatable bonds is 6. The van der Waals surface area contributed by atoms with Crippen molar-refractivity contribution in [2.45, 2.75) is 32.7 Å². The van der Waals surface area contributed by atoms with Gasteiger partial charge in [-0.25, -0.2) is 0 Å². The molecule has 132 valence electrons. The van der Waals surface area contributed by atoms with Crippen molar-refractivity contribution in [1.82, 2.24) is 4.57 Å². The van der Waals surface area contributed by atoms with Gasteiger partial charge < -0.3 is 14.6 Å². The Morgan fingerprint density at radius 1 is 1.15 bits per heavy atom. The lowest BCUT2D eigenvalue weighted by Crippen LogP contribution is -1.99. The summed E-state index contributed by atoms with van der Waals surface area (Å²) in [6, 6.07) is 17.4. The van der Waals surface area contributed by atoms with Crippen LogP contribution in [0.4, 0.5) is 5.69 Å². The van der Waals surface area contributed by atoms with E-state index in [-0.39, 0.29) is 0 Å². The van der Waals surface area contributed by atoms with Gasteiger partial charge in [0, 0.05) is 29.7 Å². The van der Waals surface area contributed by atoms with Crippen LogP contribution in [0.5, 0.6) is 5.75 Å². The molecule has 1 aliphatic carbocycles. The van der Waals surface area contributed by atoms with Crippen molar-refractivity contribution in [3.05, 3.63) is 48.0 Å². The average molecular weight is 345 g/mol. The lowest BCUT2D eigenvalue weighted by molar-refractivity contribution is 0.340. The summed E-state index contributed by atoms with van der Waals surface area (Å²) in [6.07, 6.45) is 2.33. The first-order chi connectivity index (χ1) is 12.8. The Kier molecular flexibility index (Phi) is 4.30. The highest BCUT2D eigenvalue weighted by atomic mass is 16.5. The van der Waals surface area contributed by atoms with Crippen LogP contribution in [0.25, 0.3) is 22.2 Å². The Labute approximate surface area is 154 Å². The van der Waals surface area contributed by atoms with E-state index < -0.39 is 0 Å². The number of hydrogen-bond acceptors (Lipinski definition) is 3. The highest BCUT2D eigenvalue weighted by molar-refractivity contribution is 5.95. The second-order valence-corrected chi connectivity index (χ2v) is 6.66. The molecule has 0 radical (unpaired) electrons. The van der Waals surface area contributed by atoms with Gasteiger partial charge in [-0.05, 0) is 56.5 Å². The SMILES string of the molecule is CCNc1ccc(-c2c(C#N)c3ccc(OCC)cc3n2C2CC2)cc1. The van der Waals surface area contributed by atoms with E-state index in [9.17, 15) is 5.26 Å². The first-order valence-electron chi connectivity index (χ1n) is 9.32. The van der Waals surface area contributed by atoms with Crippen molar-refractivity contribution >= 4 is 16.6 Å². The smallest absolute Gasteiger partial charge is 0.121 e. The van der Waals surface area contributed by atoms with E-state index in [0.29, 0.717) is 12.6 Å². The van der Waals surface area contributed by atoms with Gasteiger partial charge in [-0.1, -0.05) is 12.1 Å². The van der Waals surface area contributed by atoms with Crippen molar-refractivity contribution in [3.8, 4) is 23.1 Å². The quantitative estimate of drug-likeness (QED) is 0.655. The zero-order valence-corrected chi connectivity index (χ0v) is 15.2.